The molecule has 1 amide bonds. The number of hydrogen-bond acceptors (Lipinski definition) is 5. The van der Waals surface area contributed by atoms with Crippen molar-refractivity contribution in [2.24, 2.45) is 0 Å². The van der Waals surface area contributed by atoms with Gasteiger partial charge in [-0.05, 0) is 49.6 Å². The van der Waals surface area contributed by atoms with Gasteiger partial charge in [-0.1, -0.05) is 29.8 Å². The normalized spacial score (nSPS) is 14.6. The number of carbonyl (C=O) groups is 1. The Balaban J connectivity index is 1.34. The number of aryl methyl sites for hydroxylation is 1. The van der Waals surface area contributed by atoms with E-state index in [1.165, 1.54) is 15.4 Å². The summed E-state index contributed by atoms with van der Waals surface area (Å²) < 4.78 is 32.2. The predicted molar refractivity (Wildman–Crippen MR) is 120 cm³/mol. The van der Waals surface area contributed by atoms with Crippen molar-refractivity contribution in [3.8, 4) is 5.75 Å². The molecule has 0 atom stereocenters. The molecule has 1 fully saturated rings. The van der Waals surface area contributed by atoms with Gasteiger partial charge in [-0.15, -0.1) is 11.8 Å². The zero-order valence-corrected chi connectivity index (χ0v) is 18.8. The lowest BCUT2D eigenvalue weighted by atomic mass is 10.2. The molecular weight excluding hydrogens is 420 g/mol. The molecule has 3 rings (SSSR count). The number of amides is 1. The van der Waals surface area contributed by atoms with Crippen molar-refractivity contribution in [2.45, 2.75) is 30.4 Å². The Bertz CT molecular complexity index is 940. The zero-order chi connectivity index (χ0) is 21.4. The maximum absolute atomic E-state index is 12.5. The Morgan fingerprint density at radius 3 is 2.57 bits per heavy atom. The van der Waals surface area contributed by atoms with E-state index in [1.807, 2.05) is 6.07 Å². The van der Waals surface area contributed by atoms with Crippen molar-refractivity contribution >= 4 is 27.7 Å². The fourth-order valence-corrected chi connectivity index (χ4v) is 5.58. The van der Waals surface area contributed by atoms with Crippen molar-refractivity contribution < 1.29 is 17.9 Å². The van der Waals surface area contributed by atoms with Gasteiger partial charge in [0.2, 0.25) is 15.9 Å². The van der Waals surface area contributed by atoms with Crippen molar-refractivity contribution in [3.05, 3.63) is 59.7 Å². The third-order valence-corrected chi connectivity index (χ3v) is 7.72. The predicted octanol–water partition coefficient (Wildman–Crippen LogP) is 3.21. The molecule has 1 aliphatic heterocycles. The van der Waals surface area contributed by atoms with Gasteiger partial charge in [0.1, 0.15) is 12.4 Å². The molecule has 30 heavy (non-hydrogen) atoms. The van der Waals surface area contributed by atoms with Crippen LogP contribution in [0.15, 0.2) is 53.4 Å². The van der Waals surface area contributed by atoms with Crippen LogP contribution in [0.5, 0.6) is 5.75 Å². The van der Waals surface area contributed by atoms with E-state index in [2.05, 4.69) is 30.4 Å². The minimum Gasteiger partial charge on any atom is -0.492 e. The van der Waals surface area contributed by atoms with Crippen molar-refractivity contribution in [3.63, 3.8) is 0 Å². The molecule has 0 radical (unpaired) electrons. The van der Waals surface area contributed by atoms with E-state index < -0.39 is 10.0 Å². The number of benzene rings is 2. The molecule has 0 unspecified atom stereocenters. The molecule has 2 aromatic rings. The van der Waals surface area contributed by atoms with Crippen LogP contribution in [0.2, 0.25) is 0 Å². The van der Waals surface area contributed by atoms with Crippen LogP contribution >= 0.6 is 11.8 Å². The second-order valence-corrected chi connectivity index (χ2v) is 10.2. The van der Waals surface area contributed by atoms with E-state index in [-0.39, 0.29) is 10.8 Å². The first-order valence-electron chi connectivity index (χ1n) is 10.1. The number of hydrogen-bond donors (Lipinski definition) is 1. The molecule has 0 aromatic heterocycles. The minimum atomic E-state index is -3.40. The highest BCUT2D eigenvalue weighted by atomic mass is 32.2. The van der Waals surface area contributed by atoms with Crippen LogP contribution in [-0.4, -0.2) is 50.6 Å². The highest BCUT2D eigenvalue weighted by Crippen LogP contribution is 2.22. The maximum atomic E-state index is 12.5. The van der Waals surface area contributed by atoms with Crippen molar-refractivity contribution in [1.82, 2.24) is 9.62 Å². The quantitative estimate of drug-likeness (QED) is 0.565. The number of rotatable bonds is 10. The van der Waals surface area contributed by atoms with Gasteiger partial charge < -0.3 is 10.1 Å². The fraction of sp³-hybridized carbons (Fsp3) is 0.409. The standard InChI is InChI=1S/C22H28N2O4S2/c1-18-5-4-6-19(15-18)16-29-17-22(25)23-11-14-28-20-7-9-21(10-8-20)30(26,27)24-12-2-3-13-24/h4-10,15H,2-3,11-14,16-17H2,1H3,(H,23,25). The summed E-state index contributed by atoms with van der Waals surface area (Å²) in [5.41, 5.74) is 2.43. The van der Waals surface area contributed by atoms with Gasteiger partial charge in [0.05, 0.1) is 17.2 Å². The van der Waals surface area contributed by atoms with E-state index in [4.69, 9.17) is 4.74 Å². The first kappa shape index (κ1) is 22.7. The lowest BCUT2D eigenvalue weighted by molar-refractivity contribution is -0.118. The van der Waals surface area contributed by atoms with E-state index in [1.54, 1.807) is 36.0 Å². The van der Waals surface area contributed by atoms with E-state index in [9.17, 15) is 13.2 Å². The number of thioether (sulfide) groups is 1. The molecule has 2 aromatic carbocycles. The summed E-state index contributed by atoms with van der Waals surface area (Å²) in [5.74, 6) is 1.76. The zero-order valence-electron chi connectivity index (χ0n) is 17.2. The van der Waals surface area contributed by atoms with Gasteiger partial charge in [0, 0.05) is 18.8 Å². The molecule has 6 nitrogen and oxygen atoms in total. The molecule has 162 valence electrons. The SMILES string of the molecule is Cc1cccc(CSCC(=O)NCCOc2ccc(S(=O)(=O)N3CCCC3)cc2)c1. The van der Waals surface area contributed by atoms with Crippen LogP contribution in [0.1, 0.15) is 24.0 Å². The van der Waals surface area contributed by atoms with Crippen LogP contribution in [0, 0.1) is 6.92 Å². The summed E-state index contributed by atoms with van der Waals surface area (Å²) in [7, 11) is -3.40. The van der Waals surface area contributed by atoms with Gasteiger partial charge in [-0.25, -0.2) is 8.42 Å². The number of carbonyl (C=O) groups excluding carboxylic acids is 1. The second kappa shape index (κ2) is 10.8. The summed E-state index contributed by atoms with van der Waals surface area (Å²) in [6.45, 7) is 3.96. The van der Waals surface area contributed by atoms with E-state index in [0.717, 1.165) is 18.6 Å². The lowest BCUT2D eigenvalue weighted by Gasteiger charge is -2.15. The summed E-state index contributed by atoms with van der Waals surface area (Å²) >= 11 is 1.58. The Morgan fingerprint density at radius 2 is 1.87 bits per heavy atom. The molecule has 8 heteroatoms. The Kier molecular flexibility index (Phi) is 8.18. The average molecular weight is 449 g/mol. The number of ether oxygens (including phenoxy) is 1. The molecule has 1 heterocycles. The maximum Gasteiger partial charge on any atom is 0.243 e. The Morgan fingerprint density at radius 1 is 1.13 bits per heavy atom. The van der Waals surface area contributed by atoms with Gasteiger partial charge in [-0.2, -0.15) is 4.31 Å². The highest BCUT2D eigenvalue weighted by Gasteiger charge is 2.26. The average Bonchev–Trinajstić information content (AvgIpc) is 3.28. The number of sulfonamides is 1. The molecule has 0 spiro atoms. The third kappa shape index (κ3) is 6.48. The van der Waals surface area contributed by atoms with Crippen LogP contribution in [0.4, 0.5) is 0 Å². The van der Waals surface area contributed by atoms with Crippen LogP contribution in [0.25, 0.3) is 0 Å². The highest BCUT2D eigenvalue weighted by molar-refractivity contribution is 7.99. The number of nitrogens with one attached hydrogen (secondary N) is 1. The third-order valence-electron chi connectivity index (χ3n) is 4.80. The van der Waals surface area contributed by atoms with Crippen molar-refractivity contribution in [1.29, 1.82) is 0 Å². The second-order valence-electron chi connectivity index (χ2n) is 7.26. The summed E-state index contributed by atoms with van der Waals surface area (Å²) in [6.07, 6.45) is 1.83. The molecule has 0 bridgehead atoms. The van der Waals surface area contributed by atoms with E-state index in [0.29, 0.717) is 37.7 Å². The molecule has 1 saturated heterocycles. The summed E-state index contributed by atoms with van der Waals surface area (Å²) in [5, 5.41) is 2.84. The van der Waals surface area contributed by atoms with Gasteiger partial charge >= 0.3 is 0 Å². The van der Waals surface area contributed by atoms with Crippen LogP contribution < -0.4 is 10.1 Å². The van der Waals surface area contributed by atoms with Crippen LogP contribution in [-0.2, 0) is 20.6 Å². The van der Waals surface area contributed by atoms with Crippen LogP contribution in [0.3, 0.4) is 0 Å². The molecule has 1 N–H and O–H groups in total. The smallest absolute Gasteiger partial charge is 0.243 e. The first-order valence-corrected chi connectivity index (χ1v) is 12.7. The largest absolute Gasteiger partial charge is 0.492 e. The lowest BCUT2D eigenvalue weighted by Crippen LogP contribution is -2.29. The topological polar surface area (TPSA) is 75.7 Å². The monoisotopic (exact) mass is 448 g/mol. The molecule has 1 aliphatic rings. The van der Waals surface area contributed by atoms with E-state index >= 15 is 0 Å². The molecular formula is C22H28N2O4S2. The van der Waals surface area contributed by atoms with Gasteiger partial charge in [-0.3, -0.25) is 4.79 Å². The molecule has 0 saturated carbocycles. The Labute approximate surface area is 183 Å². The minimum absolute atomic E-state index is 0.0247. The van der Waals surface area contributed by atoms with Crippen molar-refractivity contribution in [2.75, 3.05) is 32.0 Å². The number of nitrogens with zero attached hydrogens (tertiary/aromatic N) is 1. The van der Waals surface area contributed by atoms with Gasteiger partial charge in [0.25, 0.3) is 0 Å². The van der Waals surface area contributed by atoms with Gasteiger partial charge in [0.15, 0.2) is 0 Å². The molecule has 0 aliphatic carbocycles. The summed E-state index contributed by atoms with van der Waals surface area (Å²) in [4.78, 5) is 12.2. The summed E-state index contributed by atoms with van der Waals surface area (Å²) in [6, 6.07) is 14.7. The Hall–Kier alpha value is -2.03. The fourth-order valence-electron chi connectivity index (χ4n) is 3.26. The first-order chi connectivity index (χ1) is 14.4.